The molecule has 2 aromatic rings. The molecule has 23 heavy (non-hydrogen) atoms. The van der Waals surface area contributed by atoms with Gasteiger partial charge in [-0.3, -0.25) is 4.79 Å². The van der Waals surface area contributed by atoms with E-state index in [-0.39, 0.29) is 12.5 Å². The molecule has 0 heterocycles. The number of benzene rings is 2. The van der Waals surface area contributed by atoms with Crippen LogP contribution in [0.15, 0.2) is 53.0 Å². The molecule has 4 nitrogen and oxygen atoms in total. The first kappa shape index (κ1) is 17.3. The van der Waals surface area contributed by atoms with Gasteiger partial charge in [-0.1, -0.05) is 31.5 Å². The maximum Gasteiger partial charge on any atom is 0.243 e. The number of hydrogen-bond acceptors (Lipinski definition) is 3. The Kier molecular flexibility index (Phi) is 6.94. The van der Waals surface area contributed by atoms with Crippen LogP contribution in [0.25, 0.3) is 0 Å². The Morgan fingerprint density at radius 2 is 2.00 bits per heavy atom. The Morgan fingerprint density at radius 1 is 1.17 bits per heavy atom. The Hall–Kier alpha value is -2.01. The highest BCUT2D eigenvalue weighted by Crippen LogP contribution is 2.21. The molecule has 5 heteroatoms. The van der Waals surface area contributed by atoms with Crippen molar-refractivity contribution >= 4 is 33.2 Å². The first-order valence-corrected chi connectivity index (χ1v) is 8.49. The van der Waals surface area contributed by atoms with Gasteiger partial charge in [-0.25, -0.2) is 0 Å². The lowest BCUT2D eigenvalue weighted by Crippen LogP contribution is -2.21. The van der Waals surface area contributed by atoms with Crippen LogP contribution < -0.4 is 15.4 Å². The number of hydrogen-bond donors (Lipinski definition) is 2. The van der Waals surface area contributed by atoms with E-state index in [4.69, 9.17) is 4.74 Å². The highest BCUT2D eigenvalue weighted by Gasteiger charge is 2.05. The molecule has 0 saturated heterocycles. The molecule has 0 spiro atoms. The van der Waals surface area contributed by atoms with Crippen LogP contribution in [0.4, 0.5) is 11.4 Å². The minimum absolute atomic E-state index is 0.105. The Labute approximate surface area is 145 Å². The fraction of sp³-hybridized carbons (Fsp3) is 0.278. The van der Waals surface area contributed by atoms with Crippen LogP contribution in [0.2, 0.25) is 0 Å². The zero-order valence-electron chi connectivity index (χ0n) is 13.1. The van der Waals surface area contributed by atoms with Gasteiger partial charge in [0.15, 0.2) is 0 Å². The summed E-state index contributed by atoms with van der Waals surface area (Å²) in [7, 11) is 0. The number of carbonyl (C=O) groups excluding carboxylic acids is 1. The van der Waals surface area contributed by atoms with E-state index in [0.717, 1.165) is 34.4 Å². The van der Waals surface area contributed by atoms with Crippen LogP contribution in [0, 0.1) is 0 Å². The lowest BCUT2D eigenvalue weighted by atomic mass is 10.3. The quantitative estimate of drug-likeness (QED) is 0.657. The normalized spacial score (nSPS) is 10.2. The molecule has 2 aromatic carbocycles. The van der Waals surface area contributed by atoms with Crippen molar-refractivity contribution in [2.45, 2.75) is 19.8 Å². The first-order valence-electron chi connectivity index (χ1n) is 7.70. The molecule has 0 bridgehead atoms. The van der Waals surface area contributed by atoms with Crippen LogP contribution in [0.5, 0.6) is 5.75 Å². The largest absolute Gasteiger partial charge is 0.494 e. The average Bonchev–Trinajstić information content (AvgIpc) is 2.55. The Morgan fingerprint density at radius 3 is 2.78 bits per heavy atom. The summed E-state index contributed by atoms with van der Waals surface area (Å²) in [5.41, 5.74) is 1.62. The summed E-state index contributed by atoms with van der Waals surface area (Å²) < 4.78 is 6.57. The van der Waals surface area contributed by atoms with Crippen LogP contribution >= 0.6 is 15.9 Å². The van der Waals surface area contributed by atoms with Gasteiger partial charge in [0.2, 0.25) is 5.91 Å². The van der Waals surface area contributed by atoms with E-state index in [1.54, 1.807) is 0 Å². The van der Waals surface area contributed by atoms with Crippen molar-refractivity contribution in [2.75, 3.05) is 23.8 Å². The molecule has 0 aliphatic carbocycles. The second kappa shape index (κ2) is 9.20. The third kappa shape index (κ3) is 5.94. The van der Waals surface area contributed by atoms with Gasteiger partial charge in [0, 0.05) is 21.9 Å². The summed E-state index contributed by atoms with van der Waals surface area (Å²) in [6, 6.07) is 15.1. The SMILES string of the molecule is CCCCOc1cccc(NC(=O)CNc2ccccc2Br)c1. The molecule has 1 amide bonds. The third-order valence-electron chi connectivity index (χ3n) is 3.20. The molecule has 0 aromatic heterocycles. The van der Waals surface area contributed by atoms with Crippen LogP contribution in [-0.4, -0.2) is 19.1 Å². The van der Waals surface area contributed by atoms with Crippen molar-refractivity contribution in [3.63, 3.8) is 0 Å². The molecule has 0 unspecified atom stereocenters. The highest BCUT2D eigenvalue weighted by molar-refractivity contribution is 9.10. The van der Waals surface area contributed by atoms with Gasteiger partial charge in [-0.15, -0.1) is 0 Å². The van der Waals surface area contributed by atoms with Crippen LogP contribution in [0.1, 0.15) is 19.8 Å². The summed E-state index contributed by atoms with van der Waals surface area (Å²) in [6.07, 6.45) is 2.11. The van der Waals surface area contributed by atoms with Crippen molar-refractivity contribution in [1.29, 1.82) is 0 Å². The zero-order valence-corrected chi connectivity index (χ0v) is 14.7. The van der Waals surface area contributed by atoms with E-state index in [9.17, 15) is 4.79 Å². The molecule has 0 aliphatic rings. The lowest BCUT2D eigenvalue weighted by Gasteiger charge is -2.10. The number of carbonyl (C=O) groups is 1. The molecule has 0 radical (unpaired) electrons. The van der Waals surface area contributed by atoms with Gasteiger partial charge >= 0.3 is 0 Å². The predicted octanol–water partition coefficient (Wildman–Crippen LogP) is 4.68. The fourth-order valence-corrected chi connectivity index (χ4v) is 2.41. The molecule has 0 fully saturated rings. The van der Waals surface area contributed by atoms with E-state index in [0.29, 0.717) is 6.61 Å². The smallest absolute Gasteiger partial charge is 0.243 e. The average molecular weight is 377 g/mol. The van der Waals surface area contributed by atoms with Crippen molar-refractivity contribution in [3.05, 3.63) is 53.0 Å². The fourth-order valence-electron chi connectivity index (χ4n) is 1.98. The van der Waals surface area contributed by atoms with Crippen molar-refractivity contribution in [3.8, 4) is 5.75 Å². The zero-order chi connectivity index (χ0) is 16.5. The number of nitrogens with one attached hydrogen (secondary N) is 2. The van der Waals surface area contributed by atoms with E-state index in [1.807, 2.05) is 48.5 Å². The molecule has 2 N–H and O–H groups in total. The number of halogens is 1. The molecule has 122 valence electrons. The number of para-hydroxylation sites is 1. The van der Waals surface area contributed by atoms with E-state index in [2.05, 4.69) is 33.5 Å². The molecule has 0 atom stereocenters. The topological polar surface area (TPSA) is 50.4 Å². The van der Waals surface area contributed by atoms with E-state index >= 15 is 0 Å². The molecule has 0 saturated carbocycles. The third-order valence-corrected chi connectivity index (χ3v) is 3.89. The van der Waals surface area contributed by atoms with Gasteiger partial charge in [0.25, 0.3) is 0 Å². The number of unbranched alkanes of at least 4 members (excludes halogenated alkanes) is 1. The van der Waals surface area contributed by atoms with Crippen LogP contribution in [-0.2, 0) is 4.79 Å². The van der Waals surface area contributed by atoms with Crippen molar-refractivity contribution in [1.82, 2.24) is 0 Å². The Balaban J connectivity index is 1.85. The number of ether oxygens (including phenoxy) is 1. The summed E-state index contributed by atoms with van der Waals surface area (Å²) in [5.74, 6) is 0.668. The summed E-state index contributed by atoms with van der Waals surface area (Å²) >= 11 is 3.44. The van der Waals surface area contributed by atoms with Crippen LogP contribution in [0.3, 0.4) is 0 Å². The monoisotopic (exact) mass is 376 g/mol. The number of amides is 1. The number of anilines is 2. The van der Waals surface area contributed by atoms with Gasteiger partial charge in [-0.05, 0) is 46.6 Å². The molecule has 2 rings (SSSR count). The lowest BCUT2D eigenvalue weighted by molar-refractivity contribution is -0.114. The predicted molar refractivity (Wildman–Crippen MR) is 98.1 cm³/mol. The molecular weight excluding hydrogens is 356 g/mol. The van der Waals surface area contributed by atoms with Gasteiger partial charge in [0.1, 0.15) is 5.75 Å². The van der Waals surface area contributed by atoms with Crippen molar-refractivity contribution in [2.24, 2.45) is 0 Å². The summed E-state index contributed by atoms with van der Waals surface area (Å²) in [4.78, 5) is 12.0. The summed E-state index contributed by atoms with van der Waals surface area (Å²) in [6.45, 7) is 3.01. The van der Waals surface area contributed by atoms with E-state index < -0.39 is 0 Å². The highest BCUT2D eigenvalue weighted by atomic mass is 79.9. The molecule has 0 aliphatic heterocycles. The second-order valence-corrected chi connectivity index (χ2v) is 5.97. The minimum Gasteiger partial charge on any atom is -0.494 e. The first-order chi connectivity index (χ1) is 11.2. The standard InChI is InChI=1S/C18H21BrN2O2/c1-2-3-11-23-15-8-6-7-14(12-15)21-18(22)13-20-17-10-5-4-9-16(17)19/h4-10,12,20H,2-3,11,13H2,1H3,(H,21,22). The minimum atomic E-state index is -0.105. The Bertz CT molecular complexity index is 646. The molecular formula is C18H21BrN2O2. The number of rotatable bonds is 8. The maximum atomic E-state index is 12.0. The maximum absolute atomic E-state index is 12.0. The van der Waals surface area contributed by atoms with Gasteiger partial charge < -0.3 is 15.4 Å². The van der Waals surface area contributed by atoms with Gasteiger partial charge in [-0.2, -0.15) is 0 Å². The van der Waals surface area contributed by atoms with Gasteiger partial charge in [0.05, 0.1) is 13.2 Å². The summed E-state index contributed by atoms with van der Waals surface area (Å²) in [5, 5.41) is 5.96. The van der Waals surface area contributed by atoms with Crippen molar-refractivity contribution < 1.29 is 9.53 Å². The second-order valence-electron chi connectivity index (χ2n) is 5.11. The van der Waals surface area contributed by atoms with E-state index in [1.165, 1.54) is 0 Å².